The first-order chi connectivity index (χ1) is 10.6. The molecule has 4 aromatic rings. The third kappa shape index (κ3) is 1.39. The van der Waals surface area contributed by atoms with Crippen molar-refractivity contribution in [3.8, 4) is 0 Å². The van der Waals surface area contributed by atoms with E-state index in [9.17, 15) is 0 Å². The number of thiophene rings is 1. The maximum Gasteiger partial charge on any atom is 0.243 e. The number of fused-ring (bicyclic) bond motifs is 8. The molecule has 5 rings (SSSR count). The minimum absolute atomic E-state index is 0.758. The molecule has 7 heteroatoms. The van der Waals surface area contributed by atoms with Gasteiger partial charge in [-0.05, 0) is 44.6 Å². The molecule has 1 aliphatic carbocycles. The first-order valence-corrected chi connectivity index (χ1v) is 8.46. The average molecular weight is 312 g/mol. The van der Waals surface area contributed by atoms with E-state index < -0.39 is 0 Å². The lowest BCUT2D eigenvalue weighted by Gasteiger charge is -2.17. The van der Waals surface area contributed by atoms with Gasteiger partial charge in [-0.2, -0.15) is 0 Å². The Labute approximate surface area is 130 Å². The Balaban J connectivity index is 2.08. The van der Waals surface area contributed by atoms with E-state index in [1.54, 1.807) is 0 Å². The summed E-state index contributed by atoms with van der Waals surface area (Å²) in [6.07, 6.45) is 3.54. The Morgan fingerprint density at radius 1 is 1.05 bits per heavy atom. The Morgan fingerprint density at radius 2 is 1.82 bits per heavy atom. The number of aryl methyl sites for hydroxylation is 3. The smallest absolute Gasteiger partial charge is 0.243 e. The van der Waals surface area contributed by atoms with E-state index >= 15 is 0 Å². The zero-order valence-corrected chi connectivity index (χ0v) is 13.6. The van der Waals surface area contributed by atoms with Gasteiger partial charge < -0.3 is 0 Å². The van der Waals surface area contributed by atoms with E-state index in [1.807, 2.05) is 29.6 Å². The first-order valence-electron chi connectivity index (χ1n) is 7.65. The highest BCUT2D eigenvalue weighted by Gasteiger charge is 2.26. The van der Waals surface area contributed by atoms with Crippen LogP contribution in [0.25, 0.3) is 21.6 Å². The molecule has 1 atom stereocenters. The predicted molar refractivity (Wildman–Crippen MR) is 85.6 cm³/mol. The summed E-state index contributed by atoms with van der Waals surface area (Å²) in [5, 5.41) is 18.6. The Hall–Kier alpha value is -2.02. The second kappa shape index (κ2) is 4.04. The second-order valence-corrected chi connectivity index (χ2v) is 7.40. The fourth-order valence-corrected chi connectivity index (χ4v) is 5.17. The van der Waals surface area contributed by atoms with Gasteiger partial charge in [0.25, 0.3) is 0 Å². The van der Waals surface area contributed by atoms with Crippen LogP contribution in [0.4, 0.5) is 0 Å². The quantitative estimate of drug-likeness (QED) is 0.501. The predicted octanol–water partition coefficient (Wildman–Crippen LogP) is 2.73. The summed E-state index contributed by atoms with van der Waals surface area (Å²) >= 11 is 1.88. The molecule has 6 nitrogen and oxygen atoms in total. The third-order valence-corrected chi connectivity index (χ3v) is 5.99. The monoisotopic (exact) mass is 312 g/mol. The van der Waals surface area contributed by atoms with E-state index in [2.05, 4.69) is 31.7 Å². The van der Waals surface area contributed by atoms with Crippen LogP contribution in [0.3, 0.4) is 0 Å². The molecule has 112 valence electrons. The fourth-order valence-electron chi connectivity index (χ4n) is 3.62. The zero-order chi connectivity index (χ0) is 15.0. The summed E-state index contributed by atoms with van der Waals surface area (Å²) in [6, 6.07) is 0. The van der Waals surface area contributed by atoms with Crippen LogP contribution >= 0.6 is 11.3 Å². The van der Waals surface area contributed by atoms with Crippen molar-refractivity contribution in [1.82, 2.24) is 29.2 Å². The van der Waals surface area contributed by atoms with Gasteiger partial charge in [0.2, 0.25) is 5.78 Å². The van der Waals surface area contributed by atoms with E-state index in [-0.39, 0.29) is 0 Å². The van der Waals surface area contributed by atoms with Gasteiger partial charge in [-0.3, -0.25) is 4.40 Å². The van der Waals surface area contributed by atoms with Gasteiger partial charge in [0.05, 0.1) is 5.39 Å². The van der Waals surface area contributed by atoms with Crippen LogP contribution in [-0.4, -0.2) is 29.2 Å². The van der Waals surface area contributed by atoms with Crippen molar-refractivity contribution >= 4 is 33.0 Å². The largest absolute Gasteiger partial charge is 0.255 e. The molecule has 0 saturated carbocycles. The molecule has 0 radical (unpaired) electrons. The van der Waals surface area contributed by atoms with Crippen molar-refractivity contribution in [2.75, 3.05) is 0 Å². The molecule has 0 N–H and O–H groups in total. The van der Waals surface area contributed by atoms with Crippen LogP contribution < -0.4 is 0 Å². The molecule has 0 amide bonds. The van der Waals surface area contributed by atoms with E-state index in [4.69, 9.17) is 0 Å². The lowest BCUT2D eigenvalue weighted by atomic mass is 9.89. The highest BCUT2D eigenvalue weighted by Crippen LogP contribution is 2.40. The van der Waals surface area contributed by atoms with Crippen LogP contribution in [0.15, 0.2) is 0 Å². The van der Waals surface area contributed by atoms with Gasteiger partial charge in [-0.15, -0.1) is 31.7 Å². The van der Waals surface area contributed by atoms with Crippen LogP contribution in [0, 0.1) is 19.8 Å². The summed E-state index contributed by atoms with van der Waals surface area (Å²) in [7, 11) is 0. The van der Waals surface area contributed by atoms with Crippen molar-refractivity contribution in [2.24, 2.45) is 5.92 Å². The number of rotatable bonds is 0. The molecule has 0 saturated heterocycles. The van der Waals surface area contributed by atoms with Crippen molar-refractivity contribution in [3.63, 3.8) is 0 Å². The summed E-state index contributed by atoms with van der Waals surface area (Å²) in [4.78, 5) is 2.72. The number of hydrogen-bond donors (Lipinski definition) is 0. The first kappa shape index (κ1) is 12.5. The minimum Gasteiger partial charge on any atom is -0.255 e. The molecule has 0 bridgehead atoms. The molecule has 4 heterocycles. The molecule has 1 unspecified atom stereocenters. The molecule has 0 fully saturated rings. The highest BCUT2D eigenvalue weighted by molar-refractivity contribution is 7.19. The highest BCUT2D eigenvalue weighted by atomic mass is 32.1. The molecule has 1 aliphatic rings. The lowest BCUT2D eigenvalue weighted by molar-refractivity contribution is 0.509. The summed E-state index contributed by atoms with van der Waals surface area (Å²) in [5.41, 5.74) is 2.39. The maximum atomic E-state index is 4.44. The third-order valence-electron chi connectivity index (χ3n) is 4.75. The van der Waals surface area contributed by atoms with Crippen molar-refractivity contribution in [1.29, 1.82) is 0 Å². The van der Waals surface area contributed by atoms with E-state index in [1.165, 1.54) is 27.1 Å². The van der Waals surface area contributed by atoms with E-state index in [0.717, 1.165) is 41.8 Å². The van der Waals surface area contributed by atoms with Gasteiger partial charge in [0.15, 0.2) is 5.65 Å². The Morgan fingerprint density at radius 3 is 2.68 bits per heavy atom. The maximum absolute atomic E-state index is 4.44. The van der Waals surface area contributed by atoms with Gasteiger partial charge in [0.1, 0.15) is 16.5 Å². The van der Waals surface area contributed by atoms with Gasteiger partial charge >= 0.3 is 0 Å². The summed E-state index contributed by atoms with van der Waals surface area (Å²) in [5.74, 6) is 3.35. The van der Waals surface area contributed by atoms with Crippen LogP contribution in [0.5, 0.6) is 0 Å². The molecule has 4 aromatic heterocycles. The summed E-state index contributed by atoms with van der Waals surface area (Å²) < 4.78 is 4.19. The minimum atomic E-state index is 0.758. The molecular weight excluding hydrogens is 296 g/mol. The summed E-state index contributed by atoms with van der Waals surface area (Å²) in [6.45, 7) is 6.31. The lowest BCUT2D eigenvalue weighted by Crippen LogP contribution is -2.08. The molecule has 0 aliphatic heterocycles. The fraction of sp³-hybridized carbons (Fsp3) is 0.467. The van der Waals surface area contributed by atoms with Crippen LogP contribution in [-0.2, 0) is 12.8 Å². The van der Waals surface area contributed by atoms with Crippen molar-refractivity contribution < 1.29 is 0 Å². The average Bonchev–Trinajstić information content (AvgIpc) is 3.14. The van der Waals surface area contributed by atoms with Crippen molar-refractivity contribution in [2.45, 2.75) is 40.0 Å². The van der Waals surface area contributed by atoms with Crippen LogP contribution in [0.2, 0.25) is 0 Å². The standard InChI is InChI=1S/C15H16N6S/c1-7-4-5-10-11(6-7)22-14-12(10)13-18-16-8(2)20(13)15-19-17-9(3)21(14)15/h7H,4-6H2,1-3H3. The van der Waals surface area contributed by atoms with Crippen LogP contribution in [0.1, 0.15) is 35.4 Å². The Bertz CT molecular complexity index is 1050. The van der Waals surface area contributed by atoms with Gasteiger partial charge in [0, 0.05) is 4.88 Å². The van der Waals surface area contributed by atoms with Gasteiger partial charge in [-0.1, -0.05) is 6.92 Å². The zero-order valence-electron chi connectivity index (χ0n) is 12.8. The Kier molecular flexibility index (Phi) is 2.30. The SMILES string of the molecule is Cc1nnc2c3c4c(sc3n3c(C)nnc3n12)CC(C)CC4. The second-order valence-electron chi connectivity index (χ2n) is 6.32. The van der Waals surface area contributed by atoms with Gasteiger partial charge in [-0.25, -0.2) is 4.40 Å². The van der Waals surface area contributed by atoms with Crippen molar-refractivity contribution in [3.05, 3.63) is 22.1 Å². The topological polar surface area (TPSA) is 60.4 Å². The molecule has 0 aromatic carbocycles. The van der Waals surface area contributed by atoms with E-state index in [0.29, 0.717) is 0 Å². The number of nitrogens with zero attached hydrogens (tertiary/aromatic N) is 6. The normalized spacial score (nSPS) is 18.6. The molecule has 0 spiro atoms. The molecular formula is C15H16N6S. The number of hydrogen-bond acceptors (Lipinski definition) is 5. The molecule has 22 heavy (non-hydrogen) atoms. The number of aromatic nitrogens is 6.